The molecule has 0 aromatic carbocycles. The third kappa shape index (κ3) is 5.98. The Labute approximate surface area is 115 Å². The molecule has 1 amide bonds. The monoisotopic (exact) mass is 280 g/mol. The number of rotatable bonds is 5. The average molecular weight is 281 g/mol. The van der Waals surface area contributed by atoms with E-state index in [2.05, 4.69) is 6.26 Å². The number of nitrogens with zero attached hydrogens (tertiary/aromatic N) is 1. The van der Waals surface area contributed by atoms with Gasteiger partial charge in [-0.1, -0.05) is 0 Å². The number of likely N-dealkylation sites (tertiary alicyclic amines) is 1. The minimum absolute atomic E-state index is 0. The topological polar surface area (TPSA) is 46.3 Å². The van der Waals surface area contributed by atoms with Gasteiger partial charge in [0, 0.05) is 25.6 Å². The summed E-state index contributed by atoms with van der Waals surface area (Å²) in [7, 11) is 0. The van der Waals surface area contributed by atoms with Crippen molar-refractivity contribution in [3.05, 3.63) is 0 Å². The van der Waals surface area contributed by atoms with E-state index >= 15 is 0 Å². The van der Waals surface area contributed by atoms with Crippen molar-refractivity contribution in [2.24, 2.45) is 11.7 Å². The highest BCUT2D eigenvalue weighted by molar-refractivity contribution is 7.98. The highest BCUT2D eigenvalue weighted by Gasteiger charge is 2.25. The molecule has 0 spiro atoms. The van der Waals surface area contributed by atoms with Crippen LogP contribution in [0.25, 0.3) is 0 Å². The number of nitrogens with two attached hydrogens (primary N) is 1. The summed E-state index contributed by atoms with van der Waals surface area (Å²) in [5, 5.41) is 0. The molecule has 2 N–H and O–H groups in total. The number of carbonyl (C=O) groups is 1. The summed E-state index contributed by atoms with van der Waals surface area (Å²) in [6.07, 6.45) is 6.07. The number of amides is 1. The first-order chi connectivity index (χ1) is 7.65. The zero-order valence-corrected chi connectivity index (χ0v) is 12.5. The van der Waals surface area contributed by atoms with Crippen molar-refractivity contribution in [3.63, 3.8) is 0 Å². The standard InChI is InChI=1S/C12H24N2OS.ClH/c1-10(13)11-5-3-7-14(9-11)12(15)6-4-8-16-2;/h10-11H,3-9,13H2,1-2H3;1H. The Morgan fingerprint density at radius 1 is 1.59 bits per heavy atom. The Balaban J connectivity index is 0.00000256. The summed E-state index contributed by atoms with van der Waals surface area (Å²) in [6, 6.07) is 0.210. The van der Waals surface area contributed by atoms with E-state index in [0.29, 0.717) is 18.2 Å². The first kappa shape index (κ1) is 17.1. The van der Waals surface area contributed by atoms with Gasteiger partial charge in [-0.05, 0) is 44.1 Å². The molecule has 1 rings (SSSR count). The highest BCUT2D eigenvalue weighted by Crippen LogP contribution is 2.19. The number of hydrogen-bond donors (Lipinski definition) is 1. The van der Waals surface area contributed by atoms with E-state index in [1.807, 2.05) is 11.8 Å². The maximum absolute atomic E-state index is 11.9. The van der Waals surface area contributed by atoms with E-state index in [4.69, 9.17) is 5.73 Å². The van der Waals surface area contributed by atoms with Crippen LogP contribution in [0.1, 0.15) is 32.6 Å². The van der Waals surface area contributed by atoms with Crippen molar-refractivity contribution in [2.75, 3.05) is 25.1 Å². The van der Waals surface area contributed by atoms with Gasteiger partial charge in [-0.25, -0.2) is 0 Å². The van der Waals surface area contributed by atoms with Gasteiger partial charge in [-0.2, -0.15) is 11.8 Å². The molecule has 0 bridgehead atoms. The van der Waals surface area contributed by atoms with Gasteiger partial charge in [0.25, 0.3) is 0 Å². The summed E-state index contributed by atoms with van der Waals surface area (Å²) in [5.41, 5.74) is 5.91. The molecule has 3 nitrogen and oxygen atoms in total. The van der Waals surface area contributed by atoms with Crippen LogP contribution in [0.5, 0.6) is 0 Å². The van der Waals surface area contributed by atoms with Gasteiger partial charge in [0.15, 0.2) is 0 Å². The van der Waals surface area contributed by atoms with Crippen molar-refractivity contribution in [1.82, 2.24) is 4.90 Å². The van der Waals surface area contributed by atoms with Crippen LogP contribution in [0.4, 0.5) is 0 Å². The quantitative estimate of drug-likeness (QED) is 0.785. The van der Waals surface area contributed by atoms with Crippen LogP contribution in [0.3, 0.4) is 0 Å². The van der Waals surface area contributed by atoms with Gasteiger partial charge in [0.1, 0.15) is 0 Å². The smallest absolute Gasteiger partial charge is 0.222 e. The molecular weight excluding hydrogens is 256 g/mol. The fraction of sp³-hybridized carbons (Fsp3) is 0.917. The maximum atomic E-state index is 11.9. The van der Waals surface area contributed by atoms with Crippen LogP contribution in [0.15, 0.2) is 0 Å². The first-order valence-corrected chi connectivity index (χ1v) is 7.57. The predicted molar refractivity (Wildman–Crippen MR) is 77.8 cm³/mol. The lowest BCUT2D eigenvalue weighted by molar-refractivity contribution is -0.133. The molecule has 1 aliphatic heterocycles. The van der Waals surface area contributed by atoms with Gasteiger partial charge in [-0.15, -0.1) is 12.4 Å². The van der Waals surface area contributed by atoms with E-state index in [1.54, 1.807) is 11.8 Å². The molecule has 1 heterocycles. The third-order valence-corrected chi connectivity index (χ3v) is 3.99. The zero-order valence-electron chi connectivity index (χ0n) is 10.9. The molecule has 1 aliphatic rings. The molecule has 0 aliphatic carbocycles. The predicted octanol–water partition coefficient (Wildman–Crippen LogP) is 2.14. The lowest BCUT2D eigenvalue weighted by Crippen LogP contribution is -2.45. The number of halogens is 1. The maximum Gasteiger partial charge on any atom is 0.222 e. The summed E-state index contributed by atoms with van der Waals surface area (Å²) in [4.78, 5) is 13.9. The zero-order chi connectivity index (χ0) is 12.0. The van der Waals surface area contributed by atoms with Crippen LogP contribution >= 0.6 is 24.2 Å². The SMILES string of the molecule is CSCCCC(=O)N1CCCC(C(C)N)C1.Cl. The van der Waals surface area contributed by atoms with Crippen molar-refractivity contribution >= 4 is 30.1 Å². The lowest BCUT2D eigenvalue weighted by Gasteiger charge is -2.34. The van der Waals surface area contributed by atoms with Gasteiger partial charge in [0.05, 0.1) is 0 Å². The van der Waals surface area contributed by atoms with Gasteiger partial charge in [-0.3, -0.25) is 4.79 Å². The number of hydrogen-bond acceptors (Lipinski definition) is 3. The molecule has 0 radical (unpaired) electrons. The van der Waals surface area contributed by atoms with Crippen LogP contribution in [-0.2, 0) is 4.79 Å². The molecule has 1 saturated heterocycles. The Kier molecular flexibility index (Phi) is 9.10. The van der Waals surface area contributed by atoms with Gasteiger partial charge in [0.2, 0.25) is 5.91 Å². The molecule has 0 saturated carbocycles. The molecule has 1 fully saturated rings. The summed E-state index contributed by atoms with van der Waals surface area (Å²) in [5.74, 6) is 1.90. The summed E-state index contributed by atoms with van der Waals surface area (Å²) in [6.45, 7) is 3.85. The Morgan fingerprint density at radius 3 is 2.88 bits per heavy atom. The van der Waals surface area contributed by atoms with Crippen LogP contribution in [-0.4, -0.2) is 41.9 Å². The van der Waals surface area contributed by atoms with E-state index in [1.165, 1.54) is 6.42 Å². The fourth-order valence-electron chi connectivity index (χ4n) is 2.19. The molecule has 0 aromatic rings. The van der Waals surface area contributed by atoms with Crippen molar-refractivity contribution in [2.45, 2.75) is 38.6 Å². The minimum atomic E-state index is 0. The van der Waals surface area contributed by atoms with Crippen molar-refractivity contribution < 1.29 is 4.79 Å². The number of piperidine rings is 1. The second-order valence-electron chi connectivity index (χ2n) is 4.70. The Morgan fingerprint density at radius 2 is 2.29 bits per heavy atom. The molecule has 17 heavy (non-hydrogen) atoms. The van der Waals surface area contributed by atoms with Crippen molar-refractivity contribution in [1.29, 1.82) is 0 Å². The van der Waals surface area contributed by atoms with Gasteiger partial charge >= 0.3 is 0 Å². The molecule has 2 unspecified atom stereocenters. The van der Waals surface area contributed by atoms with Crippen LogP contribution in [0.2, 0.25) is 0 Å². The fourth-order valence-corrected chi connectivity index (χ4v) is 2.62. The molecular formula is C12H25ClN2OS. The van der Waals surface area contributed by atoms with E-state index in [0.717, 1.165) is 31.7 Å². The second-order valence-corrected chi connectivity index (χ2v) is 5.68. The van der Waals surface area contributed by atoms with Crippen molar-refractivity contribution in [3.8, 4) is 0 Å². The average Bonchev–Trinajstić information content (AvgIpc) is 2.29. The molecule has 102 valence electrons. The number of carbonyl (C=O) groups excluding carboxylic acids is 1. The lowest BCUT2D eigenvalue weighted by atomic mass is 9.92. The molecule has 5 heteroatoms. The van der Waals surface area contributed by atoms with Gasteiger partial charge < -0.3 is 10.6 Å². The normalized spacial score (nSPS) is 21.8. The summed E-state index contributed by atoms with van der Waals surface area (Å²) >= 11 is 1.80. The minimum Gasteiger partial charge on any atom is -0.342 e. The third-order valence-electron chi connectivity index (χ3n) is 3.29. The van der Waals surface area contributed by atoms with E-state index in [-0.39, 0.29) is 18.4 Å². The highest BCUT2D eigenvalue weighted by atomic mass is 35.5. The van der Waals surface area contributed by atoms with Crippen LogP contribution < -0.4 is 5.73 Å². The Bertz CT molecular complexity index is 227. The molecule has 0 aromatic heterocycles. The summed E-state index contributed by atoms with van der Waals surface area (Å²) < 4.78 is 0. The first-order valence-electron chi connectivity index (χ1n) is 6.17. The van der Waals surface area contributed by atoms with E-state index in [9.17, 15) is 4.79 Å². The molecule has 2 atom stereocenters. The largest absolute Gasteiger partial charge is 0.342 e. The Hall–Kier alpha value is 0.0700. The van der Waals surface area contributed by atoms with E-state index < -0.39 is 0 Å². The number of thioether (sulfide) groups is 1. The second kappa shape index (κ2) is 9.06. The van der Waals surface area contributed by atoms with Crippen LogP contribution in [0, 0.1) is 5.92 Å².